The Morgan fingerprint density at radius 1 is 1.06 bits per heavy atom. The van der Waals surface area contributed by atoms with E-state index in [2.05, 4.69) is 52.3 Å². The first-order valence-corrected chi connectivity index (χ1v) is 11.7. The van der Waals surface area contributed by atoms with E-state index in [1.165, 1.54) is 5.56 Å². The molecule has 5 rings (SSSR count). The molecule has 3 aromatic rings. The van der Waals surface area contributed by atoms with E-state index in [0.29, 0.717) is 6.61 Å². The van der Waals surface area contributed by atoms with E-state index in [0.717, 1.165) is 73.1 Å². The molecular formula is C26H31N5O2. The van der Waals surface area contributed by atoms with Crippen LogP contribution in [-0.4, -0.2) is 58.2 Å². The third-order valence-corrected chi connectivity index (χ3v) is 6.54. The van der Waals surface area contributed by atoms with E-state index < -0.39 is 0 Å². The fraction of sp³-hybridized carbons (Fsp3) is 0.385. The molecule has 0 unspecified atom stereocenters. The van der Waals surface area contributed by atoms with Crippen LogP contribution in [0.1, 0.15) is 23.6 Å². The molecule has 1 aromatic heterocycles. The van der Waals surface area contributed by atoms with Crippen LogP contribution in [-0.2, 0) is 24.5 Å². The van der Waals surface area contributed by atoms with E-state index in [1.54, 1.807) is 10.9 Å². The van der Waals surface area contributed by atoms with Crippen molar-refractivity contribution < 1.29 is 9.53 Å². The number of fused-ring (bicyclic) bond motifs is 3. The first-order chi connectivity index (χ1) is 16.1. The lowest BCUT2D eigenvalue weighted by Crippen LogP contribution is -2.45. The molecule has 0 saturated carbocycles. The van der Waals surface area contributed by atoms with Gasteiger partial charge in [0, 0.05) is 49.5 Å². The summed E-state index contributed by atoms with van der Waals surface area (Å²) >= 11 is 0. The maximum Gasteiger partial charge on any atom is 0.246 e. The highest BCUT2D eigenvalue weighted by Crippen LogP contribution is 2.37. The number of carbonyl (C=O) groups excluding carboxylic acids is 1. The average Bonchev–Trinajstić information content (AvgIpc) is 3.24. The van der Waals surface area contributed by atoms with Gasteiger partial charge < -0.3 is 15.0 Å². The third-order valence-electron chi connectivity index (χ3n) is 6.54. The second-order valence-corrected chi connectivity index (χ2v) is 8.92. The minimum Gasteiger partial charge on any atom is -0.488 e. The van der Waals surface area contributed by atoms with Gasteiger partial charge in [-0.1, -0.05) is 30.7 Å². The number of anilines is 1. The molecule has 172 valence electrons. The average molecular weight is 446 g/mol. The number of amides is 1. The molecule has 3 heterocycles. The van der Waals surface area contributed by atoms with Gasteiger partial charge >= 0.3 is 0 Å². The fourth-order valence-corrected chi connectivity index (χ4v) is 4.62. The summed E-state index contributed by atoms with van der Waals surface area (Å²) in [4.78, 5) is 17.8. The highest BCUT2D eigenvalue weighted by molar-refractivity contribution is 5.91. The number of aryl methyl sites for hydroxylation is 1. The number of benzene rings is 2. The van der Waals surface area contributed by atoms with E-state index >= 15 is 0 Å². The van der Waals surface area contributed by atoms with Crippen LogP contribution in [0.3, 0.4) is 0 Å². The van der Waals surface area contributed by atoms with Crippen molar-refractivity contribution in [1.82, 2.24) is 19.6 Å². The number of rotatable bonds is 6. The van der Waals surface area contributed by atoms with Crippen LogP contribution >= 0.6 is 0 Å². The molecule has 7 heteroatoms. The maximum atomic E-state index is 12.8. The molecule has 1 fully saturated rings. The third kappa shape index (κ3) is 4.79. The van der Waals surface area contributed by atoms with Crippen LogP contribution in [0.2, 0.25) is 0 Å². The largest absolute Gasteiger partial charge is 0.488 e. The predicted octanol–water partition coefficient (Wildman–Crippen LogP) is 3.53. The number of nitrogens with one attached hydrogen (secondary N) is 1. The van der Waals surface area contributed by atoms with Crippen LogP contribution in [0.15, 0.2) is 48.7 Å². The molecular weight excluding hydrogens is 414 g/mol. The zero-order valence-corrected chi connectivity index (χ0v) is 19.4. The first kappa shape index (κ1) is 21.7. The monoisotopic (exact) mass is 445 g/mol. The smallest absolute Gasteiger partial charge is 0.246 e. The number of aromatic nitrogens is 2. The summed E-state index contributed by atoms with van der Waals surface area (Å²) in [6.45, 7) is 11.5. The minimum atomic E-state index is -0.0926. The Bertz CT molecular complexity index is 1130. The van der Waals surface area contributed by atoms with E-state index in [9.17, 15) is 4.79 Å². The molecule has 2 aliphatic heterocycles. The highest BCUT2D eigenvalue weighted by atomic mass is 16.5. The van der Waals surface area contributed by atoms with Gasteiger partial charge in [-0.3, -0.25) is 14.4 Å². The van der Waals surface area contributed by atoms with Crippen LogP contribution < -0.4 is 10.1 Å². The van der Waals surface area contributed by atoms with Crippen molar-refractivity contribution in [3.8, 4) is 17.0 Å². The molecule has 0 atom stereocenters. The second-order valence-electron chi connectivity index (χ2n) is 8.92. The zero-order valence-electron chi connectivity index (χ0n) is 19.4. The van der Waals surface area contributed by atoms with Crippen LogP contribution in [0.25, 0.3) is 11.3 Å². The molecule has 1 saturated heterocycles. The van der Waals surface area contributed by atoms with Gasteiger partial charge in [-0.05, 0) is 43.3 Å². The van der Waals surface area contributed by atoms with E-state index in [1.807, 2.05) is 24.3 Å². The van der Waals surface area contributed by atoms with Crippen molar-refractivity contribution in [2.75, 3.05) is 38.0 Å². The number of likely N-dealkylation sites (N-methyl/N-ethyl adjacent to an activating group) is 1. The van der Waals surface area contributed by atoms with Crippen molar-refractivity contribution in [2.24, 2.45) is 0 Å². The quantitative estimate of drug-likeness (QED) is 0.629. The Hall–Kier alpha value is -3.16. The van der Waals surface area contributed by atoms with E-state index in [-0.39, 0.29) is 12.5 Å². The van der Waals surface area contributed by atoms with Gasteiger partial charge in [0.05, 0.1) is 11.9 Å². The van der Waals surface area contributed by atoms with Crippen molar-refractivity contribution in [2.45, 2.75) is 33.5 Å². The molecule has 0 spiro atoms. The lowest BCUT2D eigenvalue weighted by atomic mass is 10.0. The van der Waals surface area contributed by atoms with Gasteiger partial charge in [-0.15, -0.1) is 0 Å². The van der Waals surface area contributed by atoms with Crippen LogP contribution in [0.4, 0.5) is 5.69 Å². The Balaban J connectivity index is 1.21. The Kier molecular flexibility index (Phi) is 6.15. The molecule has 0 radical (unpaired) electrons. The maximum absolute atomic E-state index is 12.8. The van der Waals surface area contributed by atoms with Gasteiger partial charge in [0.1, 0.15) is 18.9 Å². The second kappa shape index (κ2) is 9.37. The van der Waals surface area contributed by atoms with Gasteiger partial charge in [0.2, 0.25) is 5.91 Å². The van der Waals surface area contributed by atoms with E-state index in [4.69, 9.17) is 4.74 Å². The zero-order chi connectivity index (χ0) is 22.8. The summed E-state index contributed by atoms with van der Waals surface area (Å²) in [7, 11) is 0. The topological polar surface area (TPSA) is 62.6 Å². The number of piperazine rings is 1. The minimum absolute atomic E-state index is 0.0926. The summed E-state index contributed by atoms with van der Waals surface area (Å²) in [5.41, 5.74) is 6.19. The normalized spacial score (nSPS) is 16.1. The molecule has 7 nitrogen and oxygen atoms in total. The van der Waals surface area contributed by atoms with Gasteiger partial charge in [-0.2, -0.15) is 5.10 Å². The molecule has 2 aliphatic rings. The molecule has 2 aromatic carbocycles. The number of hydrogen-bond acceptors (Lipinski definition) is 5. The lowest BCUT2D eigenvalue weighted by Gasteiger charge is -2.34. The standard InChI is InChI=1S/C26H31N5O2/c1-3-29-10-12-30(13-11-29)16-20-5-7-22(8-6-20)28-25(32)17-31-26-21(15-27-31)18-33-24-9-4-19(2)14-23(24)26/h4-9,14-15H,3,10-13,16-18H2,1-2H3,(H,28,32). The lowest BCUT2D eigenvalue weighted by molar-refractivity contribution is -0.116. The molecule has 0 bridgehead atoms. The summed E-state index contributed by atoms with van der Waals surface area (Å²) < 4.78 is 7.61. The number of nitrogens with zero attached hydrogens (tertiary/aromatic N) is 4. The van der Waals surface area contributed by atoms with Crippen molar-refractivity contribution in [1.29, 1.82) is 0 Å². The van der Waals surface area contributed by atoms with Gasteiger partial charge in [0.15, 0.2) is 0 Å². The van der Waals surface area contributed by atoms with Gasteiger partial charge in [0.25, 0.3) is 0 Å². The Morgan fingerprint density at radius 2 is 1.82 bits per heavy atom. The Labute approximate surface area is 195 Å². The Morgan fingerprint density at radius 3 is 2.58 bits per heavy atom. The van der Waals surface area contributed by atoms with Crippen molar-refractivity contribution in [3.05, 3.63) is 65.4 Å². The summed E-state index contributed by atoms with van der Waals surface area (Å²) in [5.74, 6) is 0.743. The van der Waals surface area contributed by atoms with Crippen molar-refractivity contribution >= 4 is 11.6 Å². The fourth-order valence-electron chi connectivity index (χ4n) is 4.62. The van der Waals surface area contributed by atoms with Crippen LogP contribution in [0.5, 0.6) is 5.75 Å². The van der Waals surface area contributed by atoms with Crippen LogP contribution in [0, 0.1) is 6.92 Å². The van der Waals surface area contributed by atoms with Crippen molar-refractivity contribution in [3.63, 3.8) is 0 Å². The summed E-state index contributed by atoms with van der Waals surface area (Å²) in [6, 6.07) is 14.3. The number of carbonyl (C=O) groups is 1. The number of ether oxygens (including phenoxy) is 1. The predicted molar refractivity (Wildman–Crippen MR) is 129 cm³/mol. The first-order valence-electron chi connectivity index (χ1n) is 11.7. The van der Waals surface area contributed by atoms with Gasteiger partial charge in [-0.25, -0.2) is 0 Å². The molecule has 0 aliphatic carbocycles. The SMILES string of the molecule is CCN1CCN(Cc2ccc(NC(=O)Cn3ncc4c3-c3cc(C)ccc3OC4)cc2)CC1. The summed E-state index contributed by atoms with van der Waals surface area (Å²) in [6.07, 6.45) is 1.79. The number of hydrogen-bond donors (Lipinski definition) is 1. The molecule has 1 N–H and O–H groups in total. The molecule has 33 heavy (non-hydrogen) atoms. The highest BCUT2D eigenvalue weighted by Gasteiger charge is 2.23. The molecule has 1 amide bonds. The summed E-state index contributed by atoms with van der Waals surface area (Å²) in [5, 5.41) is 7.48.